The van der Waals surface area contributed by atoms with Crippen molar-refractivity contribution in [2.45, 2.75) is 13.0 Å². The molecule has 150 valence electrons. The third-order valence-electron chi connectivity index (χ3n) is 4.53. The first-order valence-corrected chi connectivity index (χ1v) is 9.09. The van der Waals surface area contributed by atoms with Crippen LogP contribution in [0.15, 0.2) is 48.5 Å². The fourth-order valence-electron chi connectivity index (χ4n) is 3.08. The molecule has 2 aromatic carbocycles. The van der Waals surface area contributed by atoms with E-state index in [0.717, 1.165) is 42.5 Å². The SMILES string of the molecule is Cc1cc(OCC(O)CN2CCN(c3ccccc3)CC2)ccc1Cl.Cl.Cl. The molecule has 0 saturated carbocycles. The van der Waals surface area contributed by atoms with Crippen LogP contribution in [0.2, 0.25) is 5.02 Å². The van der Waals surface area contributed by atoms with Crippen molar-refractivity contribution in [3.05, 3.63) is 59.1 Å². The summed E-state index contributed by atoms with van der Waals surface area (Å²) in [6, 6.07) is 16.0. The van der Waals surface area contributed by atoms with Crippen LogP contribution in [-0.2, 0) is 0 Å². The molecule has 27 heavy (non-hydrogen) atoms. The molecule has 3 rings (SSSR count). The largest absolute Gasteiger partial charge is 0.491 e. The van der Waals surface area contributed by atoms with E-state index in [4.69, 9.17) is 16.3 Å². The van der Waals surface area contributed by atoms with Crippen LogP contribution in [0.3, 0.4) is 0 Å². The highest BCUT2D eigenvalue weighted by Gasteiger charge is 2.19. The van der Waals surface area contributed by atoms with E-state index in [1.54, 1.807) is 0 Å². The molecule has 1 saturated heterocycles. The number of piperazine rings is 1. The highest BCUT2D eigenvalue weighted by molar-refractivity contribution is 6.31. The number of hydrogen-bond acceptors (Lipinski definition) is 4. The first kappa shape index (κ1) is 23.9. The number of nitrogens with zero attached hydrogens (tertiary/aromatic N) is 2. The number of hydrogen-bond donors (Lipinski definition) is 1. The third kappa shape index (κ3) is 7.05. The number of benzene rings is 2. The minimum Gasteiger partial charge on any atom is -0.491 e. The average Bonchev–Trinajstić information content (AvgIpc) is 2.64. The van der Waals surface area contributed by atoms with Crippen molar-refractivity contribution in [1.29, 1.82) is 0 Å². The summed E-state index contributed by atoms with van der Waals surface area (Å²) in [6.07, 6.45) is -0.501. The third-order valence-corrected chi connectivity index (χ3v) is 4.96. The summed E-state index contributed by atoms with van der Waals surface area (Å²) in [6.45, 7) is 6.73. The maximum atomic E-state index is 10.3. The molecule has 1 fully saturated rings. The van der Waals surface area contributed by atoms with Gasteiger partial charge in [-0.25, -0.2) is 0 Å². The normalized spacial score (nSPS) is 15.4. The molecule has 7 heteroatoms. The number of aliphatic hydroxyl groups excluding tert-OH is 1. The topological polar surface area (TPSA) is 35.9 Å². The molecule has 2 aromatic rings. The zero-order valence-electron chi connectivity index (χ0n) is 15.4. The van der Waals surface area contributed by atoms with E-state index in [0.29, 0.717) is 13.2 Å². The van der Waals surface area contributed by atoms with Crippen LogP contribution >= 0.6 is 36.4 Å². The van der Waals surface area contributed by atoms with Crippen LogP contribution in [-0.4, -0.2) is 55.4 Å². The van der Waals surface area contributed by atoms with Crippen LogP contribution < -0.4 is 9.64 Å². The lowest BCUT2D eigenvalue weighted by Crippen LogP contribution is -2.49. The van der Waals surface area contributed by atoms with Crippen molar-refractivity contribution in [1.82, 2.24) is 4.90 Å². The molecular formula is C20H27Cl3N2O2. The molecule has 0 aliphatic carbocycles. The number of ether oxygens (including phenoxy) is 1. The van der Waals surface area contributed by atoms with Gasteiger partial charge < -0.3 is 14.7 Å². The van der Waals surface area contributed by atoms with Gasteiger partial charge in [0, 0.05) is 43.4 Å². The standard InChI is InChI=1S/C20H25ClN2O2.2ClH/c1-16-13-19(7-8-20(16)21)25-15-18(24)14-22-9-11-23(12-10-22)17-5-3-2-4-6-17;;/h2-8,13,18,24H,9-12,14-15H2,1H3;2*1H. The lowest BCUT2D eigenvalue weighted by Gasteiger charge is -2.36. The van der Waals surface area contributed by atoms with Gasteiger partial charge in [0.25, 0.3) is 0 Å². The predicted molar refractivity (Wildman–Crippen MR) is 117 cm³/mol. The predicted octanol–water partition coefficient (Wildman–Crippen LogP) is 4.05. The van der Waals surface area contributed by atoms with Crippen molar-refractivity contribution < 1.29 is 9.84 Å². The van der Waals surface area contributed by atoms with Gasteiger partial charge in [-0.15, -0.1) is 24.8 Å². The lowest BCUT2D eigenvalue weighted by molar-refractivity contribution is 0.0663. The summed E-state index contributed by atoms with van der Waals surface area (Å²) in [5.74, 6) is 0.745. The van der Waals surface area contributed by atoms with Crippen molar-refractivity contribution in [2.75, 3.05) is 44.2 Å². The maximum absolute atomic E-state index is 10.3. The number of anilines is 1. The Hall–Kier alpha value is -1.17. The fourth-order valence-corrected chi connectivity index (χ4v) is 3.20. The number of halogens is 3. The van der Waals surface area contributed by atoms with E-state index in [-0.39, 0.29) is 24.8 Å². The van der Waals surface area contributed by atoms with Gasteiger partial charge in [0.05, 0.1) is 0 Å². The minimum absolute atomic E-state index is 0. The Morgan fingerprint density at radius 3 is 2.33 bits per heavy atom. The molecule has 0 bridgehead atoms. The van der Waals surface area contributed by atoms with Crippen LogP contribution in [0.4, 0.5) is 5.69 Å². The van der Waals surface area contributed by atoms with E-state index in [1.165, 1.54) is 5.69 Å². The van der Waals surface area contributed by atoms with Gasteiger partial charge in [-0.3, -0.25) is 4.90 Å². The first-order valence-electron chi connectivity index (χ1n) is 8.71. The Balaban J connectivity index is 0.00000182. The Bertz CT molecular complexity index is 680. The highest BCUT2D eigenvalue weighted by Crippen LogP contribution is 2.21. The number of rotatable bonds is 6. The molecule has 1 N–H and O–H groups in total. The van der Waals surface area contributed by atoms with Gasteiger partial charge in [-0.05, 0) is 42.8 Å². The molecule has 4 nitrogen and oxygen atoms in total. The van der Waals surface area contributed by atoms with Crippen LogP contribution in [0.25, 0.3) is 0 Å². The van der Waals surface area contributed by atoms with Gasteiger partial charge in [0.2, 0.25) is 0 Å². The van der Waals surface area contributed by atoms with Crippen molar-refractivity contribution in [2.24, 2.45) is 0 Å². The number of para-hydroxylation sites is 1. The maximum Gasteiger partial charge on any atom is 0.119 e. The molecule has 1 unspecified atom stereocenters. The summed E-state index contributed by atoms with van der Waals surface area (Å²) in [5.41, 5.74) is 2.25. The Kier molecular flexibility index (Phi) is 10.3. The van der Waals surface area contributed by atoms with Crippen molar-refractivity contribution in [3.8, 4) is 5.75 Å². The van der Waals surface area contributed by atoms with E-state index in [1.807, 2.05) is 31.2 Å². The van der Waals surface area contributed by atoms with E-state index in [2.05, 4.69) is 34.1 Å². The molecule has 0 aromatic heterocycles. The molecular weight excluding hydrogens is 407 g/mol. The number of aliphatic hydroxyl groups is 1. The summed E-state index contributed by atoms with van der Waals surface area (Å²) in [4.78, 5) is 4.68. The van der Waals surface area contributed by atoms with E-state index < -0.39 is 6.10 Å². The molecule has 1 aliphatic rings. The minimum atomic E-state index is -0.501. The zero-order chi connectivity index (χ0) is 17.6. The van der Waals surface area contributed by atoms with Gasteiger partial charge in [-0.1, -0.05) is 29.8 Å². The first-order chi connectivity index (χ1) is 12.1. The molecule has 1 aliphatic heterocycles. The molecule has 1 heterocycles. The molecule has 0 amide bonds. The van der Waals surface area contributed by atoms with Crippen molar-refractivity contribution >= 4 is 42.1 Å². The average molecular weight is 434 g/mol. The summed E-state index contributed by atoms with van der Waals surface area (Å²) < 4.78 is 5.69. The van der Waals surface area contributed by atoms with Crippen LogP contribution in [0, 0.1) is 6.92 Å². The summed E-state index contributed by atoms with van der Waals surface area (Å²) in [7, 11) is 0. The molecule has 0 radical (unpaired) electrons. The second-order valence-corrected chi connectivity index (χ2v) is 6.91. The second kappa shape index (κ2) is 11.6. The summed E-state index contributed by atoms with van der Waals surface area (Å²) >= 11 is 6.01. The zero-order valence-corrected chi connectivity index (χ0v) is 17.8. The smallest absolute Gasteiger partial charge is 0.119 e. The lowest BCUT2D eigenvalue weighted by atomic mass is 10.2. The van der Waals surface area contributed by atoms with Crippen LogP contribution in [0.5, 0.6) is 5.75 Å². The number of β-amino-alcohol motifs (C(OH)–C–C–N with tert-alkyl or cyclic N) is 1. The Morgan fingerprint density at radius 1 is 1.04 bits per heavy atom. The van der Waals surface area contributed by atoms with Gasteiger partial charge in [0.1, 0.15) is 18.5 Å². The monoisotopic (exact) mass is 432 g/mol. The number of aryl methyl sites for hydroxylation is 1. The van der Waals surface area contributed by atoms with Crippen molar-refractivity contribution in [3.63, 3.8) is 0 Å². The Labute approximate surface area is 178 Å². The fraction of sp³-hybridized carbons (Fsp3) is 0.400. The van der Waals surface area contributed by atoms with Gasteiger partial charge in [-0.2, -0.15) is 0 Å². The van der Waals surface area contributed by atoms with Gasteiger partial charge in [0.15, 0.2) is 0 Å². The highest BCUT2D eigenvalue weighted by atomic mass is 35.5. The quantitative estimate of drug-likeness (QED) is 0.745. The second-order valence-electron chi connectivity index (χ2n) is 6.50. The van der Waals surface area contributed by atoms with Crippen LogP contribution in [0.1, 0.15) is 5.56 Å². The summed E-state index contributed by atoms with van der Waals surface area (Å²) in [5, 5.41) is 11.0. The van der Waals surface area contributed by atoms with E-state index in [9.17, 15) is 5.11 Å². The van der Waals surface area contributed by atoms with E-state index >= 15 is 0 Å². The molecule has 0 spiro atoms. The molecule has 1 atom stereocenters. The van der Waals surface area contributed by atoms with Gasteiger partial charge >= 0.3 is 0 Å². The Morgan fingerprint density at radius 2 is 1.70 bits per heavy atom.